The summed E-state index contributed by atoms with van der Waals surface area (Å²) < 4.78 is 23.3. The van der Waals surface area contributed by atoms with Crippen LogP contribution in [0.25, 0.3) is 0 Å². The maximum absolute atomic E-state index is 6.27. The third-order valence-corrected chi connectivity index (χ3v) is 5.04. The van der Waals surface area contributed by atoms with Gasteiger partial charge < -0.3 is 24.3 Å². The van der Waals surface area contributed by atoms with Crippen LogP contribution in [-0.4, -0.2) is 64.4 Å². The van der Waals surface area contributed by atoms with E-state index in [4.69, 9.17) is 18.9 Å². The van der Waals surface area contributed by atoms with E-state index in [-0.39, 0.29) is 22.7 Å². The molecule has 0 bridgehead atoms. The van der Waals surface area contributed by atoms with Gasteiger partial charge in [-0.15, -0.1) is 0 Å². The highest BCUT2D eigenvalue weighted by Gasteiger charge is 2.35. The molecule has 0 aliphatic rings. The van der Waals surface area contributed by atoms with Gasteiger partial charge in [0.15, 0.2) is 0 Å². The summed E-state index contributed by atoms with van der Waals surface area (Å²) >= 11 is 0. The van der Waals surface area contributed by atoms with Gasteiger partial charge in [-0.05, 0) is 74.4 Å². The van der Waals surface area contributed by atoms with Crippen LogP contribution < -0.4 is 5.32 Å². The molecule has 1 atom stereocenters. The second kappa shape index (κ2) is 11.5. The van der Waals surface area contributed by atoms with Gasteiger partial charge in [0.05, 0.1) is 30.0 Å². The van der Waals surface area contributed by atoms with Crippen molar-refractivity contribution in [3.8, 4) is 0 Å². The van der Waals surface area contributed by atoms with Crippen LogP contribution in [0.5, 0.6) is 0 Å². The lowest BCUT2D eigenvalue weighted by molar-refractivity contribution is -0.121. The molecule has 0 spiro atoms. The van der Waals surface area contributed by atoms with E-state index in [0.29, 0.717) is 13.2 Å². The molecule has 0 amide bonds. The van der Waals surface area contributed by atoms with Crippen molar-refractivity contribution in [1.82, 2.24) is 5.32 Å². The minimum absolute atomic E-state index is 0.166. The largest absolute Gasteiger partial charge is 0.381 e. The first-order valence-corrected chi connectivity index (χ1v) is 9.46. The fourth-order valence-corrected chi connectivity index (χ4v) is 2.54. The predicted octanol–water partition coefficient (Wildman–Crippen LogP) is 3.65. The van der Waals surface area contributed by atoms with Gasteiger partial charge in [0.25, 0.3) is 0 Å². The van der Waals surface area contributed by atoms with Gasteiger partial charge >= 0.3 is 0 Å². The monoisotopic (exact) mass is 361 g/mol. The summed E-state index contributed by atoms with van der Waals surface area (Å²) in [5, 5.41) is 3.14. The van der Waals surface area contributed by atoms with Crippen molar-refractivity contribution in [3.05, 3.63) is 0 Å². The van der Waals surface area contributed by atoms with Crippen LogP contribution in [-0.2, 0) is 18.9 Å². The quantitative estimate of drug-likeness (QED) is 0.451. The van der Waals surface area contributed by atoms with E-state index >= 15 is 0 Å². The molecule has 0 aromatic carbocycles. The van der Waals surface area contributed by atoms with E-state index < -0.39 is 0 Å². The molecular weight excluding hydrogens is 318 g/mol. The molecule has 0 aliphatic heterocycles. The maximum Gasteiger partial charge on any atom is 0.0677 e. The van der Waals surface area contributed by atoms with Crippen LogP contribution >= 0.6 is 0 Å². The Morgan fingerprint density at radius 3 is 2.00 bits per heavy atom. The Balaban J connectivity index is 4.72. The van der Waals surface area contributed by atoms with Crippen LogP contribution in [0.4, 0.5) is 0 Å². The molecule has 0 rings (SSSR count). The summed E-state index contributed by atoms with van der Waals surface area (Å²) in [6.07, 6.45) is 2.76. The fourth-order valence-electron chi connectivity index (χ4n) is 2.54. The zero-order valence-electron chi connectivity index (χ0n) is 18.2. The molecule has 0 aromatic heterocycles. The van der Waals surface area contributed by atoms with Crippen LogP contribution in [0.1, 0.15) is 60.8 Å². The molecule has 0 aromatic rings. The van der Waals surface area contributed by atoms with Crippen molar-refractivity contribution in [2.45, 2.75) is 77.6 Å². The molecule has 0 saturated carbocycles. The summed E-state index contributed by atoms with van der Waals surface area (Å²) in [5.41, 5.74) is -0.658. The first kappa shape index (κ1) is 24.8. The van der Waals surface area contributed by atoms with Crippen molar-refractivity contribution >= 4 is 0 Å². The molecule has 0 fully saturated rings. The molecular formula is C20H43NO4. The smallest absolute Gasteiger partial charge is 0.0677 e. The van der Waals surface area contributed by atoms with E-state index in [1.54, 1.807) is 14.2 Å². The van der Waals surface area contributed by atoms with Crippen molar-refractivity contribution in [2.24, 2.45) is 5.92 Å². The zero-order valence-corrected chi connectivity index (χ0v) is 18.2. The SMILES string of the molecule is CNCCCOCC(CC(C)(C)OC)C(C)(C)OCCC(C)(C)OC. The van der Waals surface area contributed by atoms with Gasteiger partial charge in [0.1, 0.15) is 0 Å². The second-order valence-electron chi connectivity index (χ2n) is 8.56. The van der Waals surface area contributed by atoms with Crippen LogP contribution in [0.15, 0.2) is 0 Å². The highest BCUT2D eigenvalue weighted by Crippen LogP contribution is 2.31. The number of ether oxygens (including phenoxy) is 4. The lowest BCUT2D eigenvalue weighted by Crippen LogP contribution is -2.43. The first-order chi connectivity index (χ1) is 11.5. The molecule has 0 aliphatic carbocycles. The molecule has 0 saturated heterocycles. The topological polar surface area (TPSA) is 49.0 Å². The lowest BCUT2D eigenvalue weighted by atomic mass is 9.82. The highest BCUT2D eigenvalue weighted by molar-refractivity contribution is 4.86. The van der Waals surface area contributed by atoms with Gasteiger partial charge in [-0.25, -0.2) is 0 Å². The summed E-state index contributed by atoms with van der Waals surface area (Å²) in [5.74, 6) is 0.252. The number of hydrogen-bond donors (Lipinski definition) is 1. The van der Waals surface area contributed by atoms with Crippen molar-refractivity contribution < 1.29 is 18.9 Å². The zero-order chi connectivity index (χ0) is 19.6. The summed E-state index contributed by atoms with van der Waals surface area (Å²) in [4.78, 5) is 0. The van der Waals surface area contributed by atoms with E-state index in [1.165, 1.54) is 0 Å². The normalized spacial score (nSPS) is 14.8. The Bertz CT molecular complexity index is 343. The minimum atomic E-state index is -0.289. The summed E-state index contributed by atoms with van der Waals surface area (Å²) in [7, 11) is 5.47. The van der Waals surface area contributed by atoms with Crippen molar-refractivity contribution in [2.75, 3.05) is 47.6 Å². The Hall–Kier alpha value is -0.200. The molecule has 0 heterocycles. The van der Waals surface area contributed by atoms with Gasteiger partial charge in [0, 0.05) is 26.7 Å². The maximum atomic E-state index is 6.27. The van der Waals surface area contributed by atoms with Crippen molar-refractivity contribution in [3.63, 3.8) is 0 Å². The number of methoxy groups -OCH3 is 2. The minimum Gasteiger partial charge on any atom is -0.381 e. The van der Waals surface area contributed by atoms with E-state index in [0.717, 1.165) is 32.4 Å². The standard InChI is InChI=1S/C20H43NO4/c1-18(2,22-8)11-14-25-20(5,6)17(15-19(3,4)23-9)16-24-13-10-12-21-7/h17,21H,10-16H2,1-9H3. The molecule has 5 nitrogen and oxygen atoms in total. The Morgan fingerprint density at radius 1 is 0.880 bits per heavy atom. The third kappa shape index (κ3) is 11.2. The molecule has 0 radical (unpaired) electrons. The molecule has 1 unspecified atom stereocenters. The Morgan fingerprint density at radius 2 is 1.48 bits per heavy atom. The van der Waals surface area contributed by atoms with Gasteiger partial charge in [0.2, 0.25) is 0 Å². The van der Waals surface area contributed by atoms with E-state index in [1.807, 2.05) is 7.05 Å². The Labute approximate surface area is 156 Å². The molecule has 1 N–H and O–H groups in total. The van der Waals surface area contributed by atoms with E-state index in [2.05, 4.69) is 46.9 Å². The fraction of sp³-hybridized carbons (Fsp3) is 1.00. The summed E-state index contributed by atoms with van der Waals surface area (Å²) in [6.45, 7) is 15.8. The predicted molar refractivity (Wildman–Crippen MR) is 104 cm³/mol. The molecule has 5 heteroatoms. The highest BCUT2D eigenvalue weighted by atomic mass is 16.5. The third-order valence-electron chi connectivity index (χ3n) is 5.04. The van der Waals surface area contributed by atoms with E-state index in [9.17, 15) is 0 Å². The van der Waals surface area contributed by atoms with Gasteiger partial charge in [-0.2, -0.15) is 0 Å². The van der Waals surface area contributed by atoms with Crippen molar-refractivity contribution in [1.29, 1.82) is 0 Å². The molecule has 152 valence electrons. The van der Waals surface area contributed by atoms with Gasteiger partial charge in [-0.3, -0.25) is 0 Å². The van der Waals surface area contributed by atoms with Crippen LogP contribution in [0.3, 0.4) is 0 Å². The average Bonchev–Trinajstić information content (AvgIpc) is 2.53. The first-order valence-electron chi connectivity index (χ1n) is 9.46. The van der Waals surface area contributed by atoms with Crippen LogP contribution in [0, 0.1) is 5.92 Å². The summed E-state index contributed by atoms with van der Waals surface area (Å²) in [6, 6.07) is 0. The Kier molecular flexibility index (Phi) is 11.4. The molecule has 25 heavy (non-hydrogen) atoms. The van der Waals surface area contributed by atoms with Crippen LogP contribution in [0.2, 0.25) is 0 Å². The number of nitrogens with one attached hydrogen (secondary N) is 1. The average molecular weight is 362 g/mol. The number of hydrogen-bond acceptors (Lipinski definition) is 5. The number of rotatable bonds is 15. The lowest BCUT2D eigenvalue weighted by Gasteiger charge is -2.39. The second-order valence-corrected chi connectivity index (χ2v) is 8.56. The van der Waals surface area contributed by atoms with Gasteiger partial charge in [-0.1, -0.05) is 0 Å².